The van der Waals surface area contributed by atoms with Crippen LogP contribution in [0, 0.1) is 0 Å². The summed E-state index contributed by atoms with van der Waals surface area (Å²) < 4.78 is 9.77. The molecule has 0 radical (unpaired) electrons. The molecule has 0 saturated carbocycles. The second-order valence-electron chi connectivity index (χ2n) is 1.94. The molecule has 0 bridgehead atoms. The fourth-order valence-electron chi connectivity index (χ4n) is 0.652. The summed E-state index contributed by atoms with van der Waals surface area (Å²) in [6.07, 6.45) is 0.597. The fourth-order valence-corrected chi connectivity index (χ4v) is 0.652. The van der Waals surface area contributed by atoms with Gasteiger partial charge in [0.1, 0.15) is 0 Å². The van der Waals surface area contributed by atoms with Gasteiger partial charge < -0.3 is 15.0 Å². The summed E-state index contributed by atoms with van der Waals surface area (Å²) in [6, 6.07) is 0.288. The minimum atomic E-state index is 0.288. The van der Waals surface area contributed by atoms with E-state index in [1.54, 1.807) is 0 Å². The molecule has 0 atom stereocenters. The minimum Gasteiger partial charge on any atom is -0.462 e. The zero-order valence-electron chi connectivity index (χ0n) is 6.41. The summed E-state index contributed by atoms with van der Waals surface area (Å²) in [4.78, 5) is 3.91. The van der Waals surface area contributed by atoms with E-state index in [0.29, 0.717) is 25.5 Å². The van der Waals surface area contributed by atoms with Gasteiger partial charge in [-0.15, -0.1) is 0 Å². The van der Waals surface area contributed by atoms with Gasteiger partial charge in [0.05, 0.1) is 6.61 Å². The van der Waals surface area contributed by atoms with E-state index in [9.17, 15) is 0 Å². The lowest BCUT2D eigenvalue weighted by atomic mass is 10.4. The average Bonchev–Trinajstić information content (AvgIpc) is 2.38. The molecule has 62 valence electrons. The van der Waals surface area contributed by atoms with E-state index in [2.05, 4.69) is 10.1 Å². The Hall–Kier alpha value is -1.10. The van der Waals surface area contributed by atoms with Gasteiger partial charge in [-0.05, 0) is 12.1 Å². The molecule has 0 aromatic carbocycles. The third-order valence-corrected chi connectivity index (χ3v) is 1.08. The van der Waals surface area contributed by atoms with Crippen LogP contribution in [0.3, 0.4) is 0 Å². The van der Waals surface area contributed by atoms with Crippen molar-refractivity contribution in [3.05, 3.63) is 5.89 Å². The van der Waals surface area contributed by atoms with Crippen molar-refractivity contribution in [2.24, 2.45) is 5.73 Å². The lowest BCUT2D eigenvalue weighted by Crippen LogP contribution is -2.02. The second-order valence-corrected chi connectivity index (χ2v) is 1.94. The lowest BCUT2D eigenvalue weighted by Gasteiger charge is -1.90. The molecule has 0 amide bonds. The fraction of sp³-hybridized carbons (Fsp3) is 0.667. The number of nitrogens with two attached hydrogens (primary N) is 1. The van der Waals surface area contributed by atoms with E-state index in [0.717, 1.165) is 0 Å². The molecule has 2 N–H and O–H groups in total. The molecule has 0 aliphatic heterocycles. The van der Waals surface area contributed by atoms with Crippen molar-refractivity contribution in [1.82, 2.24) is 10.1 Å². The molecule has 11 heavy (non-hydrogen) atoms. The second kappa shape index (κ2) is 3.92. The SMILES string of the molecule is CCOc1noc(CCN)n1. The number of hydrogen-bond acceptors (Lipinski definition) is 5. The van der Waals surface area contributed by atoms with Crippen molar-refractivity contribution in [2.45, 2.75) is 13.3 Å². The maximum Gasteiger partial charge on any atom is 0.354 e. The van der Waals surface area contributed by atoms with E-state index in [1.165, 1.54) is 0 Å². The van der Waals surface area contributed by atoms with Crippen LogP contribution in [-0.2, 0) is 6.42 Å². The summed E-state index contributed by atoms with van der Waals surface area (Å²) in [5.74, 6) is 0.524. The van der Waals surface area contributed by atoms with Gasteiger partial charge in [-0.3, -0.25) is 0 Å². The first-order chi connectivity index (χ1) is 5.36. The van der Waals surface area contributed by atoms with Crippen LogP contribution in [0.2, 0.25) is 0 Å². The quantitative estimate of drug-likeness (QED) is 0.664. The molecule has 5 heteroatoms. The monoisotopic (exact) mass is 157 g/mol. The number of ether oxygens (including phenoxy) is 1. The third kappa shape index (κ3) is 2.19. The predicted molar refractivity (Wildman–Crippen MR) is 38.2 cm³/mol. The molecule has 1 heterocycles. The van der Waals surface area contributed by atoms with Crippen molar-refractivity contribution >= 4 is 0 Å². The van der Waals surface area contributed by atoms with Crippen LogP contribution in [0.15, 0.2) is 4.52 Å². The molecule has 0 aliphatic carbocycles. The zero-order valence-corrected chi connectivity index (χ0v) is 6.41. The molecule has 0 fully saturated rings. The van der Waals surface area contributed by atoms with E-state index in [-0.39, 0.29) is 6.01 Å². The van der Waals surface area contributed by atoms with E-state index in [4.69, 9.17) is 15.0 Å². The van der Waals surface area contributed by atoms with E-state index < -0.39 is 0 Å². The third-order valence-electron chi connectivity index (χ3n) is 1.08. The largest absolute Gasteiger partial charge is 0.462 e. The maximum absolute atomic E-state index is 5.28. The first-order valence-electron chi connectivity index (χ1n) is 3.52. The Kier molecular flexibility index (Phi) is 2.85. The van der Waals surface area contributed by atoms with E-state index >= 15 is 0 Å². The highest BCUT2D eigenvalue weighted by atomic mass is 16.5. The van der Waals surface area contributed by atoms with Crippen LogP contribution in [0.4, 0.5) is 0 Å². The summed E-state index contributed by atoms with van der Waals surface area (Å²) in [7, 11) is 0. The van der Waals surface area contributed by atoms with Gasteiger partial charge >= 0.3 is 6.01 Å². The average molecular weight is 157 g/mol. The van der Waals surface area contributed by atoms with Gasteiger partial charge in [0.15, 0.2) is 0 Å². The standard InChI is InChI=1S/C6H11N3O2/c1-2-10-6-8-5(3-4-7)11-9-6/h2-4,7H2,1H3. The highest BCUT2D eigenvalue weighted by molar-refractivity contribution is 4.91. The van der Waals surface area contributed by atoms with Crippen molar-refractivity contribution < 1.29 is 9.26 Å². The van der Waals surface area contributed by atoms with Gasteiger partial charge in [-0.25, -0.2) is 0 Å². The Morgan fingerprint density at radius 3 is 3.09 bits per heavy atom. The number of nitrogens with zero attached hydrogens (tertiary/aromatic N) is 2. The molecule has 1 aromatic rings. The topological polar surface area (TPSA) is 74.2 Å². The van der Waals surface area contributed by atoms with Gasteiger partial charge in [0.25, 0.3) is 0 Å². The normalized spacial score (nSPS) is 10.0. The first kappa shape index (κ1) is 8.00. The molecule has 1 rings (SSSR count). The smallest absolute Gasteiger partial charge is 0.354 e. The van der Waals surface area contributed by atoms with Crippen molar-refractivity contribution in [3.8, 4) is 6.01 Å². The Balaban J connectivity index is 2.51. The van der Waals surface area contributed by atoms with Crippen LogP contribution < -0.4 is 10.5 Å². The van der Waals surface area contributed by atoms with E-state index in [1.807, 2.05) is 6.92 Å². The predicted octanol–water partition coefficient (Wildman–Crippen LogP) is -0.0305. The Morgan fingerprint density at radius 1 is 1.64 bits per heavy atom. The highest BCUT2D eigenvalue weighted by Crippen LogP contribution is 2.04. The zero-order chi connectivity index (χ0) is 8.10. The van der Waals surface area contributed by atoms with Gasteiger partial charge in [0.2, 0.25) is 5.89 Å². The molecule has 0 unspecified atom stereocenters. The van der Waals surface area contributed by atoms with Crippen LogP contribution in [0.5, 0.6) is 6.01 Å². The summed E-state index contributed by atoms with van der Waals surface area (Å²) in [6.45, 7) is 2.91. The maximum atomic E-state index is 5.28. The van der Waals surface area contributed by atoms with Crippen LogP contribution in [0.25, 0.3) is 0 Å². The summed E-state index contributed by atoms with van der Waals surface area (Å²) in [5.41, 5.74) is 5.28. The Labute approximate surface area is 64.5 Å². The molecular formula is C6H11N3O2. The molecule has 0 aliphatic rings. The van der Waals surface area contributed by atoms with Crippen LogP contribution >= 0.6 is 0 Å². The van der Waals surface area contributed by atoms with Gasteiger partial charge in [0, 0.05) is 13.0 Å². The Morgan fingerprint density at radius 2 is 2.45 bits per heavy atom. The van der Waals surface area contributed by atoms with Gasteiger partial charge in [-0.2, -0.15) is 4.98 Å². The minimum absolute atomic E-state index is 0.288. The van der Waals surface area contributed by atoms with Crippen molar-refractivity contribution in [2.75, 3.05) is 13.2 Å². The Bertz CT molecular complexity index is 191. The number of aromatic nitrogens is 2. The summed E-state index contributed by atoms with van der Waals surface area (Å²) >= 11 is 0. The van der Waals surface area contributed by atoms with Crippen molar-refractivity contribution in [1.29, 1.82) is 0 Å². The highest BCUT2D eigenvalue weighted by Gasteiger charge is 2.03. The molecular weight excluding hydrogens is 146 g/mol. The van der Waals surface area contributed by atoms with Crippen molar-refractivity contribution in [3.63, 3.8) is 0 Å². The molecule has 5 nitrogen and oxygen atoms in total. The molecule has 0 spiro atoms. The van der Waals surface area contributed by atoms with Crippen LogP contribution in [-0.4, -0.2) is 23.3 Å². The summed E-state index contributed by atoms with van der Waals surface area (Å²) in [5, 5.41) is 3.56. The van der Waals surface area contributed by atoms with Gasteiger partial charge in [-0.1, -0.05) is 0 Å². The van der Waals surface area contributed by atoms with Crippen LogP contribution in [0.1, 0.15) is 12.8 Å². The first-order valence-corrected chi connectivity index (χ1v) is 3.52. The number of rotatable bonds is 4. The number of hydrogen-bond donors (Lipinski definition) is 1. The molecule has 1 aromatic heterocycles. The molecule has 0 saturated heterocycles. The lowest BCUT2D eigenvalue weighted by molar-refractivity contribution is 0.286.